The van der Waals surface area contributed by atoms with Gasteiger partial charge in [0.05, 0.1) is 0 Å². The highest BCUT2D eigenvalue weighted by Gasteiger charge is 2.23. The Morgan fingerprint density at radius 2 is 2.08 bits per heavy atom. The lowest BCUT2D eigenvalue weighted by atomic mass is 9.88. The van der Waals surface area contributed by atoms with Gasteiger partial charge in [0.1, 0.15) is 6.29 Å². The molecule has 4 heteroatoms. The van der Waals surface area contributed by atoms with Crippen molar-refractivity contribution in [2.45, 2.75) is 33.1 Å². The highest BCUT2D eigenvalue weighted by Crippen LogP contribution is 2.19. The van der Waals surface area contributed by atoms with Crippen molar-refractivity contribution in [3.63, 3.8) is 0 Å². The van der Waals surface area contributed by atoms with Gasteiger partial charge in [-0.15, -0.1) is 0 Å². The van der Waals surface area contributed by atoms with Gasteiger partial charge in [0.15, 0.2) is 0 Å². The summed E-state index contributed by atoms with van der Waals surface area (Å²) < 4.78 is 0. The zero-order valence-electron chi connectivity index (χ0n) is 8.23. The van der Waals surface area contributed by atoms with Crippen molar-refractivity contribution < 1.29 is 9.72 Å². The Balaban J connectivity index is 4.19. The summed E-state index contributed by atoms with van der Waals surface area (Å²) in [5.74, 6) is -0.229. The molecule has 0 saturated heterocycles. The Morgan fingerprint density at radius 1 is 1.46 bits per heavy atom. The lowest BCUT2D eigenvalue weighted by molar-refractivity contribution is -0.489. The molecule has 0 fully saturated rings. The predicted molar refractivity (Wildman–Crippen MR) is 50.1 cm³/mol. The molecule has 0 aromatic rings. The van der Waals surface area contributed by atoms with Gasteiger partial charge in [0, 0.05) is 16.8 Å². The molecule has 13 heavy (non-hydrogen) atoms. The third kappa shape index (κ3) is 4.60. The third-order valence-electron chi connectivity index (χ3n) is 2.29. The van der Waals surface area contributed by atoms with E-state index in [1.807, 2.05) is 13.8 Å². The van der Waals surface area contributed by atoms with Gasteiger partial charge in [-0.25, -0.2) is 0 Å². The Kier molecular flexibility index (Phi) is 6.10. The molecule has 0 heterocycles. The molecular weight excluding hydrogens is 170 g/mol. The first-order valence-corrected chi connectivity index (χ1v) is 4.72. The number of aldehydes is 1. The lowest BCUT2D eigenvalue weighted by Crippen LogP contribution is -2.23. The van der Waals surface area contributed by atoms with Crippen LogP contribution < -0.4 is 0 Å². The van der Waals surface area contributed by atoms with Crippen LogP contribution in [0.3, 0.4) is 0 Å². The summed E-state index contributed by atoms with van der Waals surface area (Å²) in [5, 5.41) is 10.3. The molecular formula is C9H17NO3. The minimum atomic E-state index is -0.327. The van der Waals surface area contributed by atoms with Crippen LogP contribution in [0.5, 0.6) is 0 Å². The molecule has 2 atom stereocenters. The summed E-state index contributed by atoms with van der Waals surface area (Å²) in [6.07, 6.45) is 3.20. The molecule has 0 aliphatic carbocycles. The van der Waals surface area contributed by atoms with E-state index < -0.39 is 0 Å². The van der Waals surface area contributed by atoms with Crippen LogP contribution in [0.2, 0.25) is 0 Å². The topological polar surface area (TPSA) is 60.2 Å². The molecule has 0 unspecified atom stereocenters. The quantitative estimate of drug-likeness (QED) is 0.347. The van der Waals surface area contributed by atoms with Gasteiger partial charge in [-0.3, -0.25) is 10.1 Å². The molecule has 0 aromatic heterocycles. The van der Waals surface area contributed by atoms with Crippen molar-refractivity contribution in [2.24, 2.45) is 11.8 Å². The second kappa shape index (κ2) is 6.57. The average Bonchev–Trinajstić information content (AvgIpc) is 2.05. The molecule has 0 rings (SSSR count). The molecule has 0 N–H and O–H groups in total. The molecule has 76 valence electrons. The van der Waals surface area contributed by atoms with Gasteiger partial charge < -0.3 is 4.79 Å². The van der Waals surface area contributed by atoms with E-state index in [9.17, 15) is 14.9 Å². The fourth-order valence-electron chi connectivity index (χ4n) is 1.54. The van der Waals surface area contributed by atoms with Gasteiger partial charge in [0.25, 0.3) is 0 Å². The molecule has 4 nitrogen and oxygen atoms in total. The molecule has 0 aliphatic heterocycles. The summed E-state index contributed by atoms with van der Waals surface area (Å²) in [6.45, 7) is 3.79. The number of carbonyl (C=O) groups excluding carboxylic acids is 1. The minimum Gasteiger partial charge on any atom is -0.303 e. The van der Waals surface area contributed by atoms with Crippen LogP contribution in [-0.4, -0.2) is 17.8 Å². The summed E-state index contributed by atoms with van der Waals surface area (Å²) in [5.41, 5.74) is 0. The standard InChI is InChI=1S/C9H17NO3/c1-3-5-9(6-10(12)13)8(4-2)7-11/h7-9H,3-6H2,1-2H3/t8-,9-/m1/s1. The van der Waals surface area contributed by atoms with Crippen molar-refractivity contribution in [3.05, 3.63) is 10.1 Å². The number of hydrogen-bond donors (Lipinski definition) is 0. The monoisotopic (exact) mass is 187 g/mol. The molecule has 0 aromatic carbocycles. The molecule has 0 radical (unpaired) electrons. The van der Waals surface area contributed by atoms with E-state index in [-0.39, 0.29) is 23.3 Å². The highest BCUT2D eigenvalue weighted by molar-refractivity contribution is 5.53. The van der Waals surface area contributed by atoms with Gasteiger partial charge >= 0.3 is 0 Å². The average molecular weight is 187 g/mol. The van der Waals surface area contributed by atoms with Crippen molar-refractivity contribution in [2.75, 3.05) is 6.54 Å². The smallest absolute Gasteiger partial charge is 0.207 e. The van der Waals surface area contributed by atoms with E-state index in [2.05, 4.69) is 0 Å². The van der Waals surface area contributed by atoms with Gasteiger partial charge in [-0.1, -0.05) is 20.3 Å². The molecule has 0 saturated carbocycles. The number of carbonyl (C=O) groups is 1. The summed E-state index contributed by atoms with van der Waals surface area (Å²) in [7, 11) is 0. The Hall–Kier alpha value is -0.930. The second-order valence-electron chi connectivity index (χ2n) is 3.27. The SMILES string of the molecule is CCC[C@H](C[N+](=O)[O-])[C@@H](C=O)CC. The Labute approximate surface area is 78.5 Å². The number of hydrogen-bond acceptors (Lipinski definition) is 3. The molecule has 0 aliphatic rings. The van der Waals surface area contributed by atoms with Crippen molar-refractivity contribution >= 4 is 6.29 Å². The van der Waals surface area contributed by atoms with E-state index in [4.69, 9.17) is 0 Å². The molecule has 0 amide bonds. The first-order chi connectivity index (χ1) is 6.15. The third-order valence-corrected chi connectivity index (χ3v) is 2.29. The number of rotatable bonds is 7. The van der Waals surface area contributed by atoms with Crippen LogP contribution in [0.1, 0.15) is 33.1 Å². The van der Waals surface area contributed by atoms with Crippen molar-refractivity contribution in [3.8, 4) is 0 Å². The highest BCUT2D eigenvalue weighted by atomic mass is 16.6. The van der Waals surface area contributed by atoms with Crippen molar-refractivity contribution in [1.29, 1.82) is 0 Å². The maximum Gasteiger partial charge on any atom is 0.207 e. The zero-order valence-corrected chi connectivity index (χ0v) is 8.23. The predicted octanol–water partition coefficient (Wildman–Crippen LogP) is 1.90. The largest absolute Gasteiger partial charge is 0.303 e. The number of nitrogens with zero attached hydrogens (tertiary/aromatic N) is 1. The summed E-state index contributed by atoms with van der Waals surface area (Å²) in [6, 6.07) is 0. The van der Waals surface area contributed by atoms with Gasteiger partial charge in [-0.05, 0) is 12.8 Å². The van der Waals surface area contributed by atoms with Gasteiger partial charge in [-0.2, -0.15) is 0 Å². The Bertz CT molecular complexity index is 170. The summed E-state index contributed by atoms with van der Waals surface area (Å²) in [4.78, 5) is 20.6. The van der Waals surface area contributed by atoms with Crippen LogP contribution in [0, 0.1) is 22.0 Å². The van der Waals surface area contributed by atoms with Crippen LogP contribution in [-0.2, 0) is 4.79 Å². The minimum absolute atomic E-state index is 0.0783. The van der Waals surface area contributed by atoms with E-state index in [1.54, 1.807) is 0 Å². The molecule has 0 bridgehead atoms. The van der Waals surface area contributed by atoms with Crippen LogP contribution >= 0.6 is 0 Å². The fourth-order valence-corrected chi connectivity index (χ4v) is 1.54. The zero-order chi connectivity index (χ0) is 10.3. The van der Waals surface area contributed by atoms with Crippen LogP contribution in [0.15, 0.2) is 0 Å². The van der Waals surface area contributed by atoms with Crippen molar-refractivity contribution in [1.82, 2.24) is 0 Å². The van der Waals surface area contributed by atoms with Crippen LogP contribution in [0.25, 0.3) is 0 Å². The lowest BCUT2D eigenvalue weighted by Gasteiger charge is -2.16. The first-order valence-electron chi connectivity index (χ1n) is 4.72. The summed E-state index contributed by atoms with van der Waals surface area (Å²) >= 11 is 0. The Morgan fingerprint density at radius 3 is 2.38 bits per heavy atom. The van der Waals surface area contributed by atoms with E-state index in [0.717, 1.165) is 19.1 Å². The number of nitro groups is 1. The van der Waals surface area contributed by atoms with E-state index >= 15 is 0 Å². The van der Waals surface area contributed by atoms with E-state index in [0.29, 0.717) is 6.42 Å². The normalized spacial score (nSPS) is 14.9. The van der Waals surface area contributed by atoms with Crippen LogP contribution in [0.4, 0.5) is 0 Å². The molecule has 0 spiro atoms. The van der Waals surface area contributed by atoms with Gasteiger partial charge in [0.2, 0.25) is 6.54 Å². The van der Waals surface area contributed by atoms with E-state index in [1.165, 1.54) is 0 Å². The fraction of sp³-hybridized carbons (Fsp3) is 0.889. The first kappa shape index (κ1) is 12.1. The maximum atomic E-state index is 10.6. The maximum absolute atomic E-state index is 10.6. The second-order valence-corrected chi connectivity index (χ2v) is 3.27.